The van der Waals surface area contributed by atoms with Crippen LogP contribution >= 0.6 is 15.9 Å². The lowest BCUT2D eigenvalue weighted by Crippen LogP contribution is -1.90. The van der Waals surface area contributed by atoms with Gasteiger partial charge in [-0.15, -0.1) is 0 Å². The van der Waals surface area contributed by atoms with Crippen molar-refractivity contribution in [1.29, 1.82) is 0 Å². The third-order valence-corrected chi connectivity index (χ3v) is 3.85. The van der Waals surface area contributed by atoms with E-state index in [-0.39, 0.29) is 0 Å². The molecule has 1 fully saturated rings. The van der Waals surface area contributed by atoms with Crippen LogP contribution in [0.1, 0.15) is 25.0 Å². The zero-order valence-electron chi connectivity index (χ0n) is 9.48. The first-order valence-corrected chi connectivity index (χ1v) is 6.47. The summed E-state index contributed by atoms with van der Waals surface area (Å²) in [5.74, 6) is 2.59. The largest absolute Gasteiger partial charge is 0.380 e. The molecule has 1 aliphatic carbocycles. The summed E-state index contributed by atoms with van der Waals surface area (Å²) in [7, 11) is 0. The topological polar surface area (TPSA) is 52.0 Å². The lowest BCUT2D eigenvalue weighted by Gasteiger charge is -2.02. The number of halogens is 1. The third kappa shape index (κ3) is 1.86. The summed E-state index contributed by atoms with van der Waals surface area (Å²) in [5, 5.41) is 3.90. The second kappa shape index (κ2) is 3.88. The van der Waals surface area contributed by atoms with Crippen molar-refractivity contribution in [2.75, 3.05) is 5.73 Å². The Morgan fingerprint density at radius 1 is 1.35 bits per heavy atom. The lowest BCUT2D eigenvalue weighted by molar-refractivity contribution is 0.384. The minimum Gasteiger partial charge on any atom is -0.380 e. The number of nitrogens with zero attached hydrogens (tertiary/aromatic N) is 1. The van der Waals surface area contributed by atoms with E-state index >= 15 is 0 Å². The molecule has 2 aromatic rings. The number of anilines is 1. The SMILES string of the molecule is CC1CC1c1onc(N)c1-c1ccc(Br)cc1. The van der Waals surface area contributed by atoms with E-state index in [0.717, 1.165) is 27.8 Å². The van der Waals surface area contributed by atoms with Crippen molar-refractivity contribution >= 4 is 21.7 Å². The first kappa shape index (κ1) is 10.8. The van der Waals surface area contributed by atoms with Crippen LogP contribution in [0.5, 0.6) is 0 Å². The van der Waals surface area contributed by atoms with Crippen LogP contribution in [-0.4, -0.2) is 5.16 Å². The second-order valence-electron chi connectivity index (χ2n) is 4.63. The van der Waals surface area contributed by atoms with E-state index < -0.39 is 0 Å². The maximum Gasteiger partial charge on any atom is 0.175 e. The van der Waals surface area contributed by atoms with Crippen LogP contribution in [0.4, 0.5) is 5.82 Å². The number of aromatic nitrogens is 1. The van der Waals surface area contributed by atoms with Gasteiger partial charge in [-0.1, -0.05) is 40.1 Å². The summed E-state index contributed by atoms with van der Waals surface area (Å²) in [6, 6.07) is 8.07. The van der Waals surface area contributed by atoms with Gasteiger partial charge < -0.3 is 10.3 Å². The van der Waals surface area contributed by atoms with Gasteiger partial charge in [0.15, 0.2) is 5.82 Å². The van der Waals surface area contributed by atoms with Crippen LogP contribution in [0.15, 0.2) is 33.3 Å². The van der Waals surface area contributed by atoms with Gasteiger partial charge in [0, 0.05) is 10.4 Å². The van der Waals surface area contributed by atoms with Crippen molar-refractivity contribution in [2.24, 2.45) is 5.92 Å². The van der Waals surface area contributed by atoms with E-state index in [0.29, 0.717) is 17.7 Å². The highest BCUT2D eigenvalue weighted by atomic mass is 79.9. The smallest absolute Gasteiger partial charge is 0.175 e. The van der Waals surface area contributed by atoms with Crippen LogP contribution in [0, 0.1) is 5.92 Å². The van der Waals surface area contributed by atoms with Crippen molar-refractivity contribution < 1.29 is 4.52 Å². The first-order chi connectivity index (χ1) is 8.16. The molecule has 1 aliphatic rings. The highest BCUT2D eigenvalue weighted by molar-refractivity contribution is 9.10. The van der Waals surface area contributed by atoms with Crippen molar-refractivity contribution in [3.05, 3.63) is 34.5 Å². The maximum absolute atomic E-state index is 5.91. The summed E-state index contributed by atoms with van der Waals surface area (Å²) in [5.41, 5.74) is 7.94. The molecule has 0 radical (unpaired) electrons. The molecule has 0 amide bonds. The van der Waals surface area contributed by atoms with E-state index in [2.05, 4.69) is 28.0 Å². The Morgan fingerprint density at radius 3 is 2.59 bits per heavy atom. The zero-order valence-corrected chi connectivity index (χ0v) is 11.1. The number of rotatable bonds is 2. The van der Waals surface area contributed by atoms with Gasteiger partial charge in [0.1, 0.15) is 5.76 Å². The van der Waals surface area contributed by atoms with E-state index in [1.807, 2.05) is 24.3 Å². The highest BCUT2D eigenvalue weighted by Gasteiger charge is 2.40. The Morgan fingerprint density at radius 2 is 2.00 bits per heavy atom. The second-order valence-corrected chi connectivity index (χ2v) is 5.55. The Balaban J connectivity index is 2.07. The molecule has 2 N–H and O–H groups in total. The minimum absolute atomic E-state index is 0.485. The molecule has 0 aliphatic heterocycles. The molecule has 3 nitrogen and oxygen atoms in total. The Bertz CT molecular complexity index is 547. The fraction of sp³-hybridized carbons (Fsp3) is 0.308. The summed E-state index contributed by atoms with van der Waals surface area (Å²) >= 11 is 3.43. The predicted molar refractivity (Wildman–Crippen MR) is 70.6 cm³/mol. The Kier molecular flexibility index (Phi) is 2.47. The normalized spacial score (nSPS) is 22.7. The van der Waals surface area contributed by atoms with Crippen LogP contribution in [0.3, 0.4) is 0 Å². The molecule has 0 saturated heterocycles. The average Bonchev–Trinajstić information content (AvgIpc) is 2.90. The maximum atomic E-state index is 5.91. The fourth-order valence-electron chi connectivity index (χ4n) is 2.16. The molecule has 1 saturated carbocycles. The lowest BCUT2D eigenvalue weighted by atomic mass is 10.0. The van der Waals surface area contributed by atoms with Crippen molar-refractivity contribution in [1.82, 2.24) is 5.16 Å². The zero-order chi connectivity index (χ0) is 12.0. The van der Waals surface area contributed by atoms with Crippen LogP contribution in [0.25, 0.3) is 11.1 Å². The van der Waals surface area contributed by atoms with Crippen LogP contribution in [0.2, 0.25) is 0 Å². The van der Waals surface area contributed by atoms with E-state index in [4.69, 9.17) is 10.3 Å². The predicted octanol–water partition coefficient (Wildman–Crippen LogP) is 3.81. The molecule has 2 unspecified atom stereocenters. The minimum atomic E-state index is 0.485. The van der Waals surface area contributed by atoms with Crippen LogP contribution in [-0.2, 0) is 0 Å². The quantitative estimate of drug-likeness (QED) is 0.916. The van der Waals surface area contributed by atoms with Gasteiger partial charge in [0.05, 0.1) is 5.56 Å². The summed E-state index contributed by atoms with van der Waals surface area (Å²) in [6.07, 6.45) is 1.16. The molecule has 4 heteroatoms. The molecule has 17 heavy (non-hydrogen) atoms. The van der Waals surface area contributed by atoms with Crippen molar-refractivity contribution in [3.8, 4) is 11.1 Å². The number of benzene rings is 1. The third-order valence-electron chi connectivity index (χ3n) is 3.32. The number of nitrogens with two attached hydrogens (primary N) is 1. The fourth-order valence-corrected chi connectivity index (χ4v) is 2.43. The molecule has 0 bridgehead atoms. The first-order valence-electron chi connectivity index (χ1n) is 5.68. The van der Waals surface area contributed by atoms with E-state index in [1.165, 1.54) is 0 Å². The van der Waals surface area contributed by atoms with Gasteiger partial charge in [0.25, 0.3) is 0 Å². The number of hydrogen-bond acceptors (Lipinski definition) is 3. The summed E-state index contributed by atoms with van der Waals surface area (Å²) in [6.45, 7) is 2.22. The van der Waals surface area contributed by atoms with Crippen LogP contribution < -0.4 is 5.73 Å². The highest BCUT2D eigenvalue weighted by Crippen LogP contribution is 2.51. The molecule has 2 atom stereocenters. The van der Waals surface area contributed by atoms with Gasteiger partial charge in [-0.3, -0.25) is 0 Å². The molecular formula is C13H13BrN2O. The molecule has 1 aromatic heterocycles. The van der Waals surface area contributed by atoms with Crippen molar-refractivity contribution in [3.63, 3.8) is 0 Å². The summed E-state index contributed by atoms with van der Waals surface area (Å²) < 4.78 is 6.44. The van der Waals surface area contributed by atoms with E-state index in [1.54, 1.807) is 0 Å². The monoisotopic (exact) mass is 292 g/mol. The summed E-state index contributed by atoms with van der Waals surface area (Å²) in [4.78, 5) is 0. The van der Waals surface area contributed by atoms with Gasteiger partial charge >= 0.3 is 0 Å². The molecule has 1 aromatic carbocycles. The molecule has 1 heterocycles. The standard InChI is InChI=1S/C13H13BrN2O/c1-7-6-10(7)12-11(13(15)16-17-12)8-2-4-9(14)5-3-8/h2-5,7,10H,6H2,1H3,(H2,15,16). The van der Waals surface area contributed by atoms with E-state index in [9.17, 15) is 0 Å². The molecule has 0 spiro atoms. The Labute approximate surface area is 108 Å². The van der Waals surface area contributed by atoms with Gasteiger partial charge in [0.2, 0.25) is 0 Å². The average molecular weight is 293 g/mol. The molecule has 88 valence electrons. The van der Waals surface area contributed by atoms with Gasteiger partial charge in [-0.25, -0.2) is 0 Å². The molecule has 3 rings (SSSR count). The van der Waals surface area contributed by atoms with Gasteiger partial charge in [-0.2, -0.15) is 0 Å². The van der Waals surface area contributed by atoms with Gasteiger partial charge in [-0.05, 0) is 30.0 Å². The Hall–Kier alpha value is -1.29. The van der Waals surface area contributed by atoms with Crippen molar-refractivity contribution in [2.45, 2.75) is 19.3 Å². The number of hydrogen-bond donors (Lipinski definition) is 1. The molecular weight excluding hydrogens is 280 g/mol. The number of nitrogen functional groups attached to an aromatic ring is 1.